The van der Waals surface area contributed by atoms with E-state index in [9.17, 15) is 9.59 Å². The highest BCUT2D eigenvalue weighted by atomic mass is 35.5. The minimum atomic E-state index is -0.444. The molecule has 0 saturated carbocycles. The van der Waals surface area contributed by atoms with E-state index < -0.39 is 5.91 Å². The minimum absolute atomic E-state index is 0.0631. The van der Waals surface area contributed by atoms with Crippen LogP contribution >= 0.6 is 11.6 Å². The van der Waals surface area contributed by atoms with Gasteiger partial charge in [-0.15, -0.1) is 0 Å². The number of methoxy groups -OCH3 is 2. The van der Waals surface area contributed by atoms with Crippen LogP contribution in [0.2, 0.25) is 5.02 Å². The lowest BCUT2D eigenvalue weighted by Gasteiger charge is -2.09. The number of benzene rings is 2. The molecule has 0 atom stereocenters. The Kier molecular flexibility index (Phi) is 7.83. The molecule has 0 radical (unpaired) electrons. The van der Waals surface area contributed by atoms with Gasteiger partial charge in [0.1, 0.15) is 11.5 Å². The van der Waals surface area contributed by atoms with Crippen LogP contribution in [0.5, 0.6) is 11.5 Å². The van der Waals surface area contributed by atoms with Gasteiger partial charge in [-0.25, -0.2) is 5.43 Å². The second kappa shape index (κ2) is 10.3. The van der Waals surface area contributed by atoms with Gasteiger partial charge < -0.3 is 14.8 Å². The predicted molar refractivity (Wildman–Crippen MR) is 108 cm³/mol. The van der Waals surface area contributed by atoms with E-state index in [1.165, 1.54) is 14.2 Å². The molecule has 2 amide bonds. The van der Waals surface area contributed by atoms with E-state index in [-0.39, 0.29) is 12.3 Å². The first kappa shape index (κ1) is 21.2. The number of amides is 2. The number of nitrogens with one attached hydrogen (secondary N) is 2. The molecule has 2 aromatic carbocycles. The highest BCUT2D eigenvalue weighted by Gasteiger charge is 2.13. The SMILES string of the molecule is COc1ccc(C(=O)N/N=C(\C)CC(=O)NCc2ccc(Cl)cc2)c(OC)c1. The van der Waals surface area contributed by atoms with Crippen molar-refractivity contribution < 1.29 is 19.1 Å². The Bertz CT molecular complexity index is 866. The highest BCUT2D eigenvalue weighted by Crippen LogP contribution is 2.24. The molecule has 0 fully saturated rings. The van der Waals surface area contributed by atoms with E-state index in [0.29, 0.717) is 34.3 Å². The molecule has 0 heterocycles. The molecule has 0 bridgehead atoms. The molecule has 148 valence electrons. The van der Waals surface area contributed by atoms with Crippen LogP contribution in [0.15, 0.2) is 47.6 Å². The van der Waals surface area contributed by atoms with Gasteiger partial charge in [-0.05, 0) is 36.8 Å². The van der Waals surface area contributed by atoms with Crippen molar-refractivity contribution in [2.24, 2.45) is 5.10 Å². The van der Waals surface area contributed by atoms with E-state index >= 15 is 0 Å². The van der Waals surface area contributed by atoms with Crippen molar-refractivity contribution in [3.8, 4) is 11.5 Å². The number of hydrazone groups is 1. The molecule has 0 aromatic heterocycles. The largest absolute Gasteiger partial charge is 0.497 e. The lowest BCUT2D eigenvalue weighted by Crippen LogP contribution is -2.26. The Hall–Kier alpha value is -3.06. The maximum Gasteiger partial charge on any atom is 0.275 e. The zero-order valence-electron chi connectivity index (χ0n) is 15.9. The summed E-state index contributed by atoms with van der Waals surface area (Å²) >= 11 is 5.83. The van der Waals surface area contributed by atoms with Gasteiger partial charge in [0.15, 0.2) is 0 Å². The summed E-state index contributed by atoms with van der Waals surface area (Å²) in [7, 11) is 2.99. The summed E-state index contributed by atoms with van der Waals surface area (Å²) in [6.07, 6.45) is 0.0631. The van der Waals surface area contributed by atoms with Crippen molar-refractivity contribution in [2.45, 2.75) is 19.9 Å². The molecule has 0 unspecified atom stereocenters. The van der Waals surface area contributed by atoms with E-state index in [0.717, 1.165) is 5.56 Å². The van der Waals surface area contributed by atoms with Gasteiger partial charge in [-0.2, -0.15) is 5.10 Å². The van der Waals surface area contributed by atoms with Crippen molar-refractivity contribution >= 4 is 29.1 Å². The van der Waals surface area contributed by atoms with Crippen LogP contribution in [0.25, 0.3) is 0 Å². The van der Waals surface area contributed by atoms with Crippen molar-refractivity contribution in [3.05, 3.63) is 58.6 Å². The number of carbonyl (C=O) groups is 2. The van der Waals surface area contributed by atoms with E-state index in [2.05, 4.69) is 15.8 Å². The van der Waals surface area contributed by atoms with Crippen molar-refractivity contribution in [1.29, 1.82) is 0 Å². The number of ether oxygens (including phenoxy) is 2. The predicted octanol–water partition coefficient (Wildman–Crippen LogP) is 3.17. The number of carbonyl (C=O) groups excluding carboxylic acids is 2. The Labute approximate surface area is 168 Å². The first-order valence-corrected chi connectivity index (χ1v) is 8.87. The van der Waals surface area contributed by atoms with Crippen molar-refractivity contribution in [2.75, 3.05) is 14.2 Å². The van der Waals surface area contributed by atoms with Gasteiger partial charge in [0.25, 0.3) is 5.91 Å². The Balaban J connectivity index is 1.88. The van der Waals surface area contributed by atoms with E-state index in [4.69, 9.17) is 21.1 Å². The first-order chi connectivity index (χ1) is 13.4. The highest BCUT2D eigenvalue weighted by molar-refractivity contribution is 6.30. The van der Waals surface area contributed by atoms with Crippen LogP contribution in [0.3, 0.4) is 0 Å². The fraction of sp³-hybridized carbons (Fsp3) is 0.250. The zero-order chi connectivity index (χ0) is 20.5. The van der Waals surface area contributed by atoms with Gasteiger partial charge in [0.05, 0.1) is 26.2 Å². The van der Waals surface area contributed by atoms with Crippen LogP contribution in [0.4, 0.5) is 0 Å². The van der Waals surface area contributed by atoms with E-state index in [1.54, 1.807) is 37.3 Å². The Morgan fingerprint density at radius 1 is 1.07 bits per heavy atom. The number of rotatable bonds is 8. The second-order valence-corrected chi connectivity index (χ2v) is 6.37. The molecule has 0 aliphatic carbocycles. The lowest BCUT2D eigenvalue weighted by molar-refractivity contribution is -0.120. The van der Waals surface area contributed by atoms with Gasteiger partial charge in [-0.1, -0.05) is 23.7 Å². The average Bonchev–Trinajstić information content (AvgIpc) is 2.71. The summed E-state index contributed by atoms with van der Waals surface area (Å²) in [5, 5.41) is 7.41. The molecular weight excluding hydrogens is 382 g/mol. The monoisotopic (exact) mass is 403 g/mol. The molecule has 28 heavy (non-hydrogen) atoms. The number of halogens is 1. The molecule has 2 N–H and O–H groups in total. The quantitative estimate of drug-likeness (QED) is 0.523. The third-order valence-corrected chi connectivity index (χ3v) is 4.07. The van der Waals surface area contributed by atoms with Crippen LogP contribution < -0.4 is 20.2 Å². The lowest BCUT2D eigenvalue weighted by atomic mass is 10.2. The molecule has 0 aliphatic heterocycles. The van der Waals surface area contributed by atoms with Gasteiger partial charge in [-0.3, -0.25) is 9.59 Å². The summed E-state index contributed by atoms with van der Waals surface area (Å²) in [5.74, 6) is 0.295. The summed E-state index contributed by atoms with van der Waals surface area (Å²) in [6.45, 7) is 2.05. The third-order valence-electron chi connectivity index (χ3n) is 3.82. The molecule has 0 spiro atoms. The molecule has 0 saturated heterocycles. The molecular formula is C20H22ClN3O4. The summed E-state index contributed by atoms with van der Waals surface area (Å²) < 4.78 is 10.3. The number of hydrogen-bond acceptors (Lipinski definition) is 5. The molecule has 8 heteroatoms. The summed E-state index contributed by atoms with van der Waals surface area (Å²) in [5.41, 5.74) is 4.15. The number of hydrogen-bond donors (Lipinski definition) is 2. The van der Waals surface area contributed by atoms with Gasteiger partial charge in [0.2, 0.25) is 5.91 Å². The van der Waals surface area contributed by atoms with Crippen molar-refractivity contribution in [1.82, 2.24) is 10.7 Å². The average molecular weight is 404 g/mol. The Morgan fingerprint density at radius 3 is 2.43 bits per heavy atom. The standard InChI is InChI=1S/C20H22ClN3O4/c1-13(10-19(25)22-12-14-4-6-15(21)7-5-14)23-24-20(26)17-9-8-16(27-2)11-18(17)28-3/h4-9,11H,10,12H2,1-3H3,(H,22,25)(H,24,26)/b23-13+. The van der Waals surface area contributed by atoms with Crippen molar-refractivity contribution in [3.63, 3.8) is 0 Å². The van der Waals surface area contributed by atoms with Gasteiger partial charge in [0, 0.05) is 23.3 Å². The molecule has 2 aromatic rings. The normalized spacial score (nSPS) is 10.9. The third kappa shape index (κ3) is 6.28. The second-order valence-electron chi connectivity index (χ2n) is 5.93. The van der Waals surface area contributed by atoms with Gasteiger partial charge >= 0.3 is 0 Å². The maximum atomic E-state index is 12.3. The molecule has 0 aliphatic rings. The fourth-order valence-corrected chi connectivity index (χ4v) is 2.46. The van der Waals surface area contributed by atoms with Crippen LogP contribution in [0, 0.1) is 0 Å². The smallest absolute Gasteiger partial charge is 0.275 e. The van der Waals surface area contributed by atoms with E-state index in [1.807, 2.05) is 12.1 Å². The molecule has 2 rings (SSSR count). The maximum absolute atomic E-state index is 12.3. The van der Waals surface area contributed by atoms with Crippen LogP contribution in [0.1, 0.15) is 29.3 Å². The topological polar surface area (TPSA) is 89.0 Å². The van der Waals surface area contributed by atoms with Crippen LogP contribution in [-0.2, 0) is 11.3 Å². The Morgan fingerprint density at radius 2 is 1.79 bits per heavy atom. The first-order valence-electron chi connectivity index (χ1n) is 8.49. The summed E-state index contributed by atoms with van der Waals surface area (Å²) in [4.78, 5) is 24.3. The number of nitrogens with zero attached hydrogens (tertiary/aromatic N) is 1. The van der Waals surface area contributed by atoms with Crippen LogP contribution in [-0.4, -0.2) is 31.7 Å². The fourth-order valence-electron chi connectivity index (χ4n) is 2.33. The molecule has 7 nitrogen and oxygen atoms in total. The summed E-state index contributed by atoms with van der Waals surface area (Å²) in [6, 6.07) is 12.0. The zero-order valence-corrected chi connectivity index (χ0v) is 16.7. The minimum Gasteiger partial charge on any atom is -0.497 e.